The summed E-state index contributed by atoms with van der Waals surface area (Å²) >= 11 is 0. The summed E-state index contributed by atoms with van der Waals surface area (Å²) in [6.45, 7) is 4.17. The molecular formula is C20H21NO2. The third-order valence-electron chi connectivity index (χ3n) is 3.68. The maximum Gasteiger partial charge on any atom is 0.145 e. The van der Waals surface area contributed by atoms with Gasteiger partial charge >= 0.3 is 0 Å². The number of rotatable bonds is 3. The van der Waals surface area contributed by atoms with Crippen molar-refractivity contribution in [1.29, 1.82) is 0 Å². The lowest BCUT2D eigenvalue weighted by molar-refractivity contribution is 0.120. The molecule has 0 radical (unpaired) electrons. The van der Waals surface area contributed by atoms with E-state index in [2.05, 4.69) is 26.0 Å². The Balaban J connectivity index is 1.91. The Morgan fingerprint density at radius 3 is 2.74 bits per heavy atom. The predicted octanol–water partition coefficient (Wildman–Crippen LogP) is 5.04. The second-order valence-corrected chi connectivity index (χ2v) is 6.22. The number of benzene rings is 2. The quantitative estimate of drug-likeness (QED) is 0.795. The van der Waals surface area contributed by atoms with Crippen molar-refractivity contribution in [3.8, 4) is 11.5 Å². The van der Waals surface area contributed by atoms with Crippen LogP contribution in [-0.2, 0) is 0 Å². The largest absolute Gasteiger partial charge is 0.497 e. The molecule has 0 spiro atoms. The van der Waals surface area contributed by atoms with Crippen molar-refractivity contribution in [2.45, 2.75) is 25.9 Å². The second kappa shape index (κ2) is 6.29. The van der Waals surface area contributed by atoms with Crippen LogP contribution in [0, 0.1) is 0 Å². The SMILES string of the molecule is COc1cccc(/C=C/C2=Nc3ccccc3OC(C)(C)C2)c1. The zero-order chi connectivity index (χ0) is 16.3. The third-order valence-corrected chi connectivity index (χ3v) is 3.68. The molecular weight excluding hydrogens is 286 g/mol. The first-order valence-corrected chi connectivity index (χ1v) is 7.73. The molecule has 0 aromatic heterocycles. The van der Waals surface area contributed by atoms with Crippen molar-refractivity contribution >= 4 is 17.5 Å². The van der Waals surface area contributed by atoms with Gasteiger partial charge in [-0.2, -0.15) is 0 Å². The molecule has 0 aliphatic carbocycles. The van der Waals surface area contributed by atoms with Crippen LogP contribution in [0.15, 0.2) is 59.6 Å². The molecule has 3 heteroatoms. The normalized spacial score (nSPS) is 16.2. The number of nitrogens with zero attached hydrogens (tertiary/aromatic N) is 1. The minimum atomic E-state index is -0.288. The summed E-state index contributed by atoms with van der Waals surface area (Å²) in [5, 5.41) is 0. The molecule has 118 valence electrons. The molecule has 0 bridgehead atoms. The maximum atomic E-state index is 6.09. The molecule has 1 aliphatic rings. The van der Waals surface area contributed by atoms with Crippen molar-refractivity contribution in [3.05, 3.63) is 60.2 Å². The van der Waals surface area contributed by atoms with Gasteiger partial charge in [0.15, 0.2) is 0 Å². The van der Waals surface area contributed by atoms with E-state index < -0.39 is 0 Å². The van der Waals surface area contributed by atoms with E-state index in [0.717, 1.165) is 34.9 Å². The van der Waals surface area contributed by atoms with Gasteiger partial charge in [0.25, 0.3) is 0 Å². The van der Waals surface area contributed by atoms with Gasteiger partial charge in [0, 0.05) is 12.1 Å². The standard InChI is InChI=1S/C20H21NO2/c1-20(2)14-16(21-18-9-4-5-10-19(18)23-20)12-11-15-7-6-8-17(13-15)22-3/h4-13H,14H2,1-3H3/b12-11+. The number of fused-ring (bicyclic) bond motifs is 1. The topological polar surface area (TPSA) is 30.8 Å². The minimum Gasteiger partial charge on any atom is -0.497 e. The molecule has 0 atom stereocenters. The van der Waals surface area contributed by atoms with Crippen LogP contribution in [0.3, 0.4) is 0 Å². The summed E-state index contributed by atoms with van der Waals surface area (Å²) in [5.74, 6) is 1.69. The number of hydrogen-bond donors (Lipinski definition) is 0. The lowest BCUT2D eigenvalue weighted by Gasteiger charge is -2.24. The van der Waals surface area contributed by atoms with E-state index in [1.807, 2.05) is 48.5 Å². The lowest BCUT2D eigenvalue weighted by Crippen LogP contribution is -2.29. The highest BCUT2D eigenvalue weighted by Crippen LogP contribution is 2.35. The average Bonchev–Trinajstić information content (AvgIpc) is 2.67. The molecule has 0 N–H and O–H groups in total. The Hall–Kier alpha value is -2.55. The zero-order valence-electron chi connectivity index (χ0n) is 13.7. The first-order valence-electron chi connectivity index (χ1n) is 7.73. The molecule has 1 heterocycles. The van der Waals surface area contributed by atoms with Gasteiger partial charge in [0.1, 0.15) is 22.8 Å². The number of allylic oxidation sites excluding steroid dienone is 1. The Labute approximate surface area is 137 Å². The van der Waals surface area contributed by atoms with Crippen LogP contribution in [0.2, 0.25) is 0 Å². The summed E-state index contributed by atoms with van der Waals surface area (Å²) in [6, 6.07) is 15.9. The molecule has 3 rings (SSSR count). The van der Waals surface area contributed by atoms with Crippen LogP contribution < -0.4 is 9.47 Å². The fourth-order valence-electron chi connectivity index (χ4n) is 2.63. The van der Waals surface area contributed by atoms with E-state index >= 15 is 0 Å². The molecule has 0 fully saturated rings. The molecule has 0 unspecified atom stereocenters. The summed E-state index contributed by atoms with van der Waals surface area (Å²) < 4.78 is 11.4. The third kappa shape index (κ3) is 3.81. The van der Waals surface area contributed by atoms with E-state index in [1.54, 1.807) is 7.11 Å². The minimum absolute atomic E-state index is 0.288. The van der Waals surface area contributed by atoms with E-state index in [4.69, 9.17) is 14.5 Å². The molecule has 2 aromatic carbocycles. The van der Waals surface area contributed by atoms with Crippen molar-refractivity contribution in [2.75, 3.05) is 7.11 Å². The molecule has 0 saturated heterocycles. The zero-order valence-corrected chi connectivity index (χ0v) is 13.7. The Morgan fingerprint density at radius 1 is 1.09 bits per heavy atom. The van der Waals surface area contributed by atoms with Gasteiger partial charge in [-0.3, -0.25) is 0 Å². The summed E-state index contributed by atoms with van der Waals surface area (Å²) in [4.78, 5) is 4.77. The molecule has 0 amide bonds. The number of para-hydroxylation sites is 2. The molecule has 23 heavy (non-hydrogen) atoms. The van der Waals surface area contributed by atoms with Crippen molar-refractivity contribution in [3.63, 3.8) is 0 Å². The van der Waals surface area contributed by atoms with Crippen molar-refractivity contribution in [1.82, 2.24) is 0 Å². The lowest BCUT2D eigenvalue weighted by atomic mass is 10.0. The van der Waals surface area contributed by atoms with E-state index in [9.17, 15) is 0 Å². The second-order valence-electron chi connectivity index (χ2n) is 6.22. The van der Waals surface area contributed by atoms with Gasteiger partial charge in [0.2, 0.25) is 0 Å². The molecule has 3 nitrogen and oxygen atoms in total. The van der Waals surface area contributed by atoms with Gasteiger partial charge in [-0.05, 0) is 49.8 Å². The summed E-state index contributed by atoms with van der Waals surface area (Å²) in [5.41, 5.74) is 2.68. The van der Waals surface area contributed by atoms with Gasteiger partial charge in [-0.25, -0.2) is 4.99 Å². The van der Waals surface area contributed by atoms with E-state index in [1.165, 1.54) is 0 Å². The fourth-order valence-corrected chi connectivity index (χ4v) is 2.63. The molecule has 0 saturated carbocycles. The van der Waals surface area contributed by atoms with Crippen LogP contribution in [-0.4, -0.2) is 18.4 Å². The Bertz CT molecular complexity index is 760. The smallest absolute Gasteiger partial charge is 0.145 e. The Morgan fingerprint density at radius 2 is 1.91 bits per heavy atom. The predicted molar refractivity (Wildman–Crippen MR) is 94.9 cm³/mol. The van der Waals surface area contributed by atoms with E-state index in [0.29, 0.717) is 0 Å². The summed E-state index contributed by atoms with van der Waals surface area (Å²) in [7, 11) is 1.68. The van der Waals surface area contributed by atoms with Crippen LogP contribution in [0.1, 0.15) is 25.8 Å². The number of aliphatic imine (C=N–C) groups is 1. The average molecular weight is 307 g/mol. The highest BCUT2D eigenvalue weighted by molar-refractivity contribution is 6.01. The van der Waals surface area contributed by atoms with E-state index in [-0.39, 0.29) is 5.60 Å². The number of methoxy groups -OCH3 is 1. The fraction of sp³-hybridized carbons (Fsp3) is 0.250. The first kappa shape index (κ1) is 15.3. The van der Waals surface area contributed by atoms with Gasteiger partial charge in [0.05, 0.1) is 7.11 Å². The van der Waals surface area contributed by atoms with Crippen LogP contribution in [0.5, 0.6) is 11.5 Å². The highest BCUT2D eigenvalue weighted by atomic mass is 16.5. The molecule has 2 aromatic rings. The monoisotopic (exact) mass is 307 g/mol. The number of hydrogen-bond acceptors (Lipinski definition) is 3. The van der Waals surface area contributed by atoms with Crippen LogP contribution in [0.4, 0.5) is 5.69 Å². The summed E-state index contributed by atoms with van der Waals surface area (Å²) in [6.07, 6.45) is 4.87. The van der Waals surface area contributed by atoms with Crippen LogP contribution in [0.25, 0.3) is 6.08 Å². The maximum absolute atomic E-state index is 6.09. The van der Waals surface area contributed by atoms with Crippen molar-refractivity contribution in [2.24, 2.45) is 4.99 Å². The van der Waals surface area contributed by atoms with Gasteiger partial charge in [-0.15, -0.1) is 0 Å². The van der Waals surface area contributed by atoms with Crippen LogP contribution >= 0.6 is 0 Å². The number of ether oxygens (including phenoxy) is 2. The van der Waals surface area contributed by atoms with Crippen molar-refractivity contribution < 1.29 is 9.47 Å². The molecule has 1 aliphatic heterocycles. The Kier molecular flexibility index (Phi) is 4.20. The van der Waals surface area contributed by atoms with Gasteiger partial charge in [-0.1, -0.05) is 30.3 Å². The highest BCUT2D eigenvalue weighted by Gasteiger charge is 2.25. The first-order chi connectivity index (χ1) is 11.1. The van der Waals surface area contributed by atoms with Gasteiger partial charge < -0.3 is 9.47 Å².